The number of anilines is 2. The molecule has 1 saturated heterocycles. The Morgan fingerprint density at radius 1 is 1.40 bits per heavy atom. The molecule has 1 unspecified atom stereocenters. The van der Waals surface area contributed by atoms with Gasteiger partial charge in [-0.2, -0.15) is 0 Å². The molecular formula is C13H16N2O4S. The van der Waals surface area contributed by atoms with Crippen LogP contribution in [0.3, 0.4) is 0 Å². The highest BCUT2D eigenvalue weighted by atomic mass is 32.2. The highest BCUT2D eigenvalue weighted by Crippen LogP contribution is 2.36. The van der Waals surface area contributed by atoms with Crippen LogP contribution in [0.15, 0.2) is 18.2 Å². The molecule has 2 aliphatic rings. The van der Waals surface area contributed by atoms with Gasteiger partial charge in [0, 0.05) is 12.1 Å². The predicted molar refractivity (Wildman–Crippen MR) is 76.0 cm³/mol. The van der Waals surface area contributed by atoms with Gasteiger partial charge < -0.3 is 15.0 Å². The first-order chi connectivity index (χ1) is 9.48. The summed E-state index contributed by atoms with van der Waals surface area (Å²) in [6.45, 7) is 0.181. The van der Waals surface area contributed by atoms with Gasteiger partial charge in [0.2, 0.25) is 5.91 Å². The normalized spacial score (nSPS) is 24.1. The minimum absolute atomic E-state index is 0.108. The summed E-state index contributed by atoms with van der Waals surface area (Å²) >= 11 is 0. The second kappa shape index (κ2) is 4.66. The molecule has 7 heteroatoms. The topological polar surface area (TPSA) is 75.7 Å². The molecule has 0 spiro atoms. The standard InChI is InChI=1S/C13H16N2O4S/c1-19-10-2-3-11-12(6-10)15(7-13(16)14-11)9-4-5-20(17,18)8-9/h2-3,6,9H,4-5,7-8H2,1H3,(H,14,16). The number of amides is 1. The number of benzene rings is 1. The molecule has 0 aromatic heterocycles. The van der Waals surface area contributed by atoms with Gasteiger partial charge in [-0.15, -0.1) is 0 Å². The number of methoxy groups -OCH3 is 1. The summed E-state index contributed by atoms with van der Waals surface area (Å²) in [5, 5.41) is 2.80. The Kier molecular flexibility index (Phi) is 3.08. The van der Waals surface area contributed by atoms with E-state index in [0.29, 0.717) is 17.9 Å². The number of ether oxygens (including phenoxy) is 1. The average Bonchev–Trinajstić information content (AvgIpc) is 2.77. The fourth-order valence-corrected chi connectivity index (χ4v) is 4.49. The number of nitrogens with zero attached hydrogens (tertiary/aromatic N) is 1. The lowest BCUT2D eigenvalue weighted by Crippen LogP contribution is -2.45. The molecule has 3 rings (SSSR count). The van der Waals surface area contributed by atoms with E-state index in [-0.39, 0.29) is 30.0 Å². The highest BCUT2D eigenvalue weighted by Gasteiger charge is 2.36. The number of carbonyl (C=O) groups is 1. The number of rotatable bonds is 2. The van der Waals surface area contributed by atoms with E-state index in [4.69, 9.17) is 4.74 Å². The summed E-state index contributed by atoms with van der Waals surface area (Å²) in [5.41, 5.74) is 1.53. The Morgan fingerprint density at radius 2 is 2.20 bits per heavy atom. The van der Waals surface area contributed by atoms with Crippen LogP contribution in [0.25, 0.3) is 0 Å². The van der Waals surface area contributed by atoms with Crippen LogP contribution in [-0.4, -0.2) is 45.5 Å². The second-order valence-electron chi connectivity index (χ2n) is 5.12. The molecule has 1 atom stereocenters. The van der Waals surface area contributed by atoms with Gasteiger partial charge in [-0.3, -0.25) is 4.79 Å². The Hall–Kier alpha value is -1.76. The molecule has 6 nitrogen and oxygen atoms in total. The van der Waals surface area contributed by atoms with E-state index < -0.39 is 9.84 Å². The van der Waals surface area contributed by atoms with E-state index in [1.54, 1.807) is 19.2 Å². The van der Waals surface area contributed by atoms with Crippen molar-refractivity contribution in [3.05, 3.63) is 18.2 Å². The Labute approximate surface area is 117 Å². The van der Waals surface area contributed by atoms with E-state index in [2.05, 4.69) is 5.32 Å². The summed E-state index contributed by atoms with van der Waals surface area (Å²) < 4.78 is 28.5. The number of fused-ring (bicyclic) bond motifs is 1. The SMILES string of the molecule is COc1ccc2c(c1)N(C1CCS(=O)(=O)C1)CC(=O)N2. The van der Waals surface area contributed by atoms with E-state index in [0.717, 1.165) is 5.69 Å². The third-order valence-electron chi connectivity index (χ3n) is 3.75. The lowest BCUT2D eigenvalue weighted by Gasteiger charge is -2.35. The second-order valence-corrected chi connectivity index (χ2v) is 7.34. The smallest absolute Gasteiger partial charge is 0.243 e. The molecule has 1 aromatic rings. The quantitative estimate of drug-likeness (QED) is 0.867. The molecule has 1 fully saturated rings. The van der Waals surface area contributed by atoms with Crippen molar-refractivity contribution in [1.29, 1.82) is 0 Å². The van der Waals surface area contributed by atoms with Crippen molar-refractivity contribution in [3.8, 4) is 5.75 Å². The van der Waals surface area contributed by atoms with Crippen LogP contribution in [0.2, 0.25) is 0 Å². The maximum absolute atomic E-state index is 11.8. The van der Waals surface area contributed by atoms with Crippen molar-refractivity contribution in [2.45, 2.75) is 12.5 Å². The van der Waals surface area contributed by atoms with Crippen LogP contribution in [-0.2, 0) is 14.6 Å². The third-order valence-corrected chi connectivity index (χ3v) is 5.50. The van der Waals surface area contributed by atoms with Crippen LogP contribution in [0.5, 0.6) is 5.75 Å². The van der Waals surface area contributed by atoms with Crippen LogP contribution < -0.4 is 15.0 Å². The monoisotopic (exact) mass is 296 g/mol. The van der Waals surface area contributed by atoms with Crippen LogP contribution >= 0.6 is 0 Å². The fourth-order valence-electron chi connectivity index (χ4n) is 2.76. The van der Waals surface area contributed by atoms with Crippen LogP contribution in [0, 0.1) is 0 Å². The molecule has 1 amide bonds. The summed E-state index contributed by atoms with van der Waals surface area (Å²) in [6.07, 6.45) is 0.562. The van der Waals surface area contributed by atoms with Gasteiger partial charge in [-0.1, -0.05) is 0 Å². The number of hydrogen-bond acceptors (Lipinski definition) is 5. The first-order valence-electron chi connectivity index (χ1n) is 6.43. The molecule has 0 bridgehead atoms. The van der Waals surface area contributed by atoms with Crippen molar-refractivity contribution >= 4 is 27.1 Å². The Balaban J connectivity index is 1.98. The third kappa shape index (κ3) is 2.33. The number of carbonyl (C=O) groups excluding carboxylic acids is 1. The molecule has 2 aliphatic heterocycles. The molecule has 20 heavy (non-hydrogen) atoms. The summed E-state index contributed by atoms with van der Waals surface area (Å²) in [4.78, 5) is 13.7. The predicted octanol–water partition coefficient (Wildman–Crippen LogP) is 0.641. The molecule has 1 N–H and O–H groups in total. The first-order valence-corrected chi connectivity index (χ1v) is 8.25. The largest absolute Gasteiger partial charge is 0.497 e. The fraction of sp³-hybridized carbons (Fsp3) is 0.462. The lowest BCUT2D eigenvalue weighted by molar-refractivity contribution is -0.115. The van der Waals surface area contributed by atoms with Gasteiger partial charge in [0.1, 0.15) is 5.75 Å². The number of nitrogens with one attached hydrogen (secondary N) is 1. The van der Waals surface area contributed by atoms with E-state index in [1.165, 1.54) is 0 Å². The minimum atomic E-state index is -2.99. The zero-order valence-corrected chi connectivity index (χ0v) is 11.9. The Bertz CT molecular complexity index is 656. The van der Waals surface area contributed by atoms with Crippen molar-refractivity contribution in [2.24, 2.45) is 0 Å². The van der Waals surface area contributed by atoms with Crippen LogP contribution in [0.1, 0.15) is 6.42 Å². The van der Waals surface area contributed by atoms with E-state index in [9.17, 15) is 13.2 Å². The van der Waals surface area contributed by atoms with Gasteiger partial charge in [0.25, 0.3) is 0 Å². The molecule has 0 radical (unpaired) electrons. The molecule has 108 valence electrons. The van der Waals surface area contributed by atoms with Gasteiger partial charge in [0.05, 0.1) is 36.5 Å². The molecule has 1 aromatic carbocycles. The molecule has 0 aliphatic carbocycles. The maximum atomic E-state index is 11.8. The summed E-state index contributed by atoms with van der Waals surface area (Å²) in [6, 6.07) is 5.24. The summed E-state index contributed by atoms with van der Waals surface area (Å²) in [7, 11) is -1.41. The lowest BCUT2D eigenvalue weighted by atomic mass is 10.1. The number of sulfone groups is 1. The first kappa shape index (κ1) is 13.2. The zero-order valence-electron chi connectivity index (χ0n) is 11.1. The van der Waals surface area contributed by atoms with E-state index >= 15 is 0 Å². The zero-order chi connectivity index (χ0) is 14.3. The number of hydrogen-bond donors (Lipinski definition) is 1. The van der Waals surface area contributed by atoms with Gasteiger partial charge >= 0.3 is 0 Å². The van der Waals surface area contributed by atoms with Gasteiger partial charge in [-0.25, -0.2) is 8.42 Å². The van der Waals surface area contributed by atoms with Crippen molar-refractivity contribution in [2.75, 3.05) is 35.4 Å². The van der Waals surface area contributed by atoms with Crippen molar-refractivity contribution in [1.82, 2.24) is 0 Å². The molecule has 0 saturated carbocycles. The maximum Gasteiger partial charge on any atom is 0.243 e. The van der Waals surface area contributed by atoms with Crippen molar-refractivity contribution < 1.29 is 17.9 Å². The van der Waals surface area contributed by atoms with Gasteiger partial charge in [-0.05, 0) is 18.6 Å². The van der Waals surface area contributed by atoms with Gasteiger partial charge in [0.15, 0.2) is 9.84 Å². The average molecular weight is 296 g/mol. The Morgan fingerprint density at radius 3 is 2.85 bits per heavy atom. The molecule has 2 heterocycles. The van der Waals surface area contributed by atoms with E-state index in [1.807, 2.05) is 11.0 Å². The highest BCUT2D eigenvalue weighted by molar-refractivity contribution is 7.91. The van der Waals surface area contributed by atoms with Crippen LogP contribution in [0.4, 0.5) is 11.4 Å². The molecular weight excluding hydrogens is 280 g/mol. The summed E-state index contributed by atoms with van der Waals surface area (Å²) in [5.74, 6) is 0.865. The minimum Gasteiger partial charge on any atom is -0.497 e. The van der Waals surface area contributed by atoms with Crippen molar-refractivity contribution in [3.63, 3.8) is 0 Å².